The van der Waals surface area contributed by atoms with Crippen molar-refractivity contribution in [1.29, 1.82) is 0 Å². The van der Waals surface area contributed by atoms with E-state index in [-0.39, 0.29) is 24.1 Å². The molecule has 2 aliphatic heterocycles. The van der Waals surface area contributed by atoms with E-state index in [9.17, 15) is 9.90 Å². The molecule has 2 unspecified atom stereocenters. The SMILES string of the molecule is COc1ccc(CN2CC3(CCC(=O)N3CC(C)C)C2CO)cc1. The number of aliphatic hydroxyl groups is 1. The smallest absolute Gasteiger partial charge is 0.223 e. The van der Waals surface area contributed by atoms with Crippen LogP contribution < -0.4 is 4.74 Å². The van der Waals surface area contributed by atoms with Crippen LogP contribution in [0, 0.1) is 5.92 Å². The fraction of sp³-hybridized carbons (Fsp3) is 0.632. The van der Waals surface area contributed by atoms with Gasteiger partial charge < -0.3 is 14.7 Å². The molecule has 2 aliphatic rings. The number of nitrogens with zero attached hydrogens (tertiary/aromatic N) is 2. The first-order valence-electron chi connectivity index (χ1n) is 8.78. The van der Waals surface area contributed by atoms with Crippen molar-refractivity contribution in [3.8, 4) is 5.75 Å². The summed E-state index contributed by atoms with van der Waals surface area (Å²) in [5.41, 5.74) is 1.03. The van der Waals surface area contributed by atoms with E-state index in [2.05, 4.69) is 30.9 Å². The van der Waals surface area contributed by atoms with Crippen LogP contribution in [0.4, 0.5) is 0 Å². The third-order valence-electron chi connectivity index (χ3n) is 5.41. The fourth-order valence-electron chi connectivity index (χ4n) is 4.21. The van der Waals surface area contributed by atoms with Crippen LogP contribution in [0.1, 0.15) is 32.3 Å². The van der Waals surface area contributed by atoms with Gasteiger partial charge in [-0.05, 0) is 30.0 Å². The van der Waals surface area contributed by atoms with Gasteiger partial charge in [0.25, 0.3) is 0 Å². The summed E-state index contributed by atoms with van der Waals surface area (Å²) in [5.74, 6) is 1.53. The number of benzene rings is 1. The molecule has 0 radical (unpaired) electrons. The van der Waals surface area contributed by atoms with Crippen LogP contribution >= 0.6 is 0 Å². The number of methoxy groups -OCH3 is 1. The van der Waals surface area contributed by atoms with Gasteiger partial charge in [0.2, 0.25) is 5.91 Å². The van der Waals surface area contributed by atoms with Crippen LogP contribution in [-0.4, -0.2) is 59.2 Å². The van der Waals surface area contributed by atoms with Crippen molar-refractivity contribution >= 4 is 5.91 Å². The highest BCUT2D eigenvalue weighted by Gasteiger charge is 2.59. The fourth-order valence-corrected chi connectivity index (χ4v) is 4.21. The summed E-state index contributed by atoms with van der Waals surface area (Å²) in [7, 11) is 1.66. The molecule has 3 rings (SSSR count). The van der Waals surface area contributed by atoms with Gasteiger partial charge in [0.15, 0.2) is 0 Å². The number of amides is 1. The van der Waals surface area contributed by atoms with Gasteiger partial charge in [-0.2, -0.15) is 0 Å². The van der Waals surface area contributed by atoms with Crippen LogP contribution in [0.25, 0.3) is 0 Å². The molecule has 1 N–H and O–H groups in total. The Kier molecular flexibility index (Phi) is 4.83. The van der Waals surface area contributed by atoms with E-state index in [0.717, 1.165) is 31.8 Å². The Hall–Kier alpha value is -1.59. The first-order valence-corrected chi connectivity index (χ1v) is 8.78. The average Bonchev–Trinajstić information content (AvgIpc) is 2.86. The lowest BCUT2D eigenvalue weighted by Crippen LogP contribution is -2.75. The predicted octanol–water partition coefficient (Wildman–Crippen LogP) is 1.89. The van der Waals surface area contributed by atoms with Crippen molar-refractivity contribution in [3.63, 3.8) is 0 Å². The molecular formula is C19H28N2O3. The van der Waals surface area contributed by atoms with Crippen LogP contribution in [0.2, 0.25) is 0 Å². The standard InChI is InChI=1S/C19H28N2O3/c1-14(2)10-21-18(23)8-9-19(21)13-20(17(19)12-22)11-15-4-6-16(24-3)7-5-15/h4-7,14,17,22H,8-13H2,1-3H3. The highest BCUT2D eigenvalue weighted by Crippen LogP contribution is 2.44. The van der Waals surface area contributed by atoms with E-state index in [0.29, 0.717) is 12.3 Å². The third kappa shape index (κ3) is 2.91. The molecule has 0 aromatic heterocycles. The maximum atomic E-state index is 12.3. The molecule has 5 heteroatoms. The number of aliphatic hydroxyl groups excluding tert-OH is 1. The normalized spacial score (nSPS) is 27.1. The number of carbonyl (C=O) groups excluding carboxylic acids is 1. The Morgan fingerprint density at radius 2 is 2.04 bits per heavy atom. The number of hydrogen-bond donors (Lipinski definition) is 1. The van der Waals surface area contributed by atoms with Crippen molar-refractivity contribution in [2.75, 3.05) is 26.8 Å². The minimum absolute atomic E-state index is 0.0322. The highest BCUT2D eigenvalue weighted by atomic mass is 16.5. The summed E-state index contributed by atoms with van der Waals surface area (Å²) < 4.78 is 5.20. The van der Waals surface area contributed by atoms with Gasteiger partial charge in [-0.25, -0.2) is 0 Å². The predicted molar refractivity (Wildman–Crippen MR) is 92.8 cm³/mol. The average molecular weight is 332 g/mol. The Morgan fingerprint density at radius 1 is 1.33 bits per heavy atom. The number of ether oxygens (including phenoxy) is 1. The number of rotatable bonds is 6. The number of carbonyl (C=O) groups is 1. The lowest BCUT2D eigenvalue weighted by atomic mass is 9.77. The van der Waals surface area contributed by atoms with Gasteiger partial charge in [0.05, 0.1) is 25.3 Å². The molecule has 24 heavy (non-hydrogen) atoms. The summed E-state index contributed by atoms with van der Waals surface area (Å²) in [6, 6.07) is 8.07. The van der Waals surface area contributed by atoms with E-state index in [4.69, 9.17) is 4.74 Å². The van der Waals surface area contributed by atoms with Crippen LogP contribution in [0.15, 0.2) is 24.3 Å². The first kappa shape index (κ1) is 17.2. The van der Waals surface area contributed by atoms with E-state index >= 15 is 0 Å². The molecule has 2 heterocycles. The molecule has 0 bridgehead atoms. The Bertz CT molecular complexity index is 587. The van der Waals surface area contributed by atoms with Crippen molar-refractivity contribution in [2.45, 2.75) is 44.8 Å². The lowest BCUT2D eigenvalue weighted by molar-refractivity contribution is -0.150. The van der Waals surface area contributed by atoms with Gasteiger partial charge in [0, 0.05) is 26.1 Å². The molecular weight excluding hydrogens is 304 g/mol. The maximum Gasteiger partial charge on any atom is 0.223 e. The summed E-state index contributed by atoms with van der Waals surface area (Å²) in [5, 5.41) is 9.98. The van der Waals surface area contributed by atoms with Gasteiger partial charge in [-0.1, -0.05) is 26.0 Å². The van der Waals surface area contributed by atoms with Gasteiger partial charge in [-0.15, -0.1) is 0 Å². The van der Waals surface area contributed by atoms with Crippen LogP contribution in [0.5, 0.6) is 5.75 Å². The monoisotopic (exact) mass is 332 g/mol. The maximum absolute atomic E-state index is 12.3. The topological polar surface area (TPSA) is 53.0 Å². The summed E-state index contributed by atoms with van der Waals surface area (Å²) >= 11 is 0. The van der Waals surface area contributed by atoms with Crippen molar-refractivity contribution in [1.82, 2.24) is 9.80 Å². The lowest BCUT2D eigenvalue weighted by Gasteiger charge is -2.59. The molecule has 1 aromatic rings. The largest absolute Gasteiger partial charge is 0.497 e. The molecule has 5 nitrogen and oxygen atoms in total. The Labute approximate surface area is 144 Å². The first-order chi connectivity index (χ1) is 11.5. The molecule has 2 fully saturated rings. The number of likely N-dealkylation sites (tertiary alicyclic amines) is 2. The summed E-state index contributed by atoms with van der Waals surface area (Å²) in [6.45, 7) is 6.80. The second-order valence-electron chi connectivity index (χ2n) is 7.45. The van der Waals surface area contributed by atoms with Gasteiger partial charge in [-0.3, -0.25) is 9.69 Å². The Morgan fingerprint density at radius 3 is 2.62 bits per heavy atom. The van der Waals surface area contributed by atoms with E-state index < -0.39 is 0 Å². The van der Waals surface area contributed by atoms with Crippen molar-refractivity contribution < 1.29 is 14.6 Å². The highest BCUT2D eigenvalue weighted by molar-refractivity contribution is 5.80. The zero-order valence-corrected chi connectivity index (χ0v) is 14.9. The zero-order valence-electron chi connectivity index (χ0n) is 14.9. The molecule has 0 saturated carbocycles. The van der Waals surface area contributed by atoms with E-state index in [1.54, 1.807) is 7.11 Å². The molecule has 0 aliphatic carbocycles. The molecule has 2 atom stereocenters. The Balaban J connectivity index is 1.71. The molecule has 2 saturated heterocycles. The van der Waals surface area contributed by atoms with Gasteiger partial charge >= 0.3 is 0 Å². The van der Waals surface area contributed by atoms with Crippen LogP contribution in [0.3, 0.4) is 0 Å². The summed E-state index contributed by atoms with van der Waals surface area (Å²) in [4.78, 5) is 16.7. The second-order valence-corrected chi connectivity index (χ2v) is 7.45. The number of hydrogen-bond acceptors (Lipinski definition) is 4. The molecule has 1 aromatic carbocycles. The van der Waals surface area contributed by atoms with E-state index in [1.165, 1.54) is 5.56 Å². The van der Waals surface area contributed by atoms with Crippen molar-refractivity contribution in [2.24, 2.45) is 5.92 Å². The molecule has 132 valence electrons. The molecule has 1 amide bonds. The van der Waals surface area contributed by atoms with E-state index in [1.807, 2.05) is 17.0 Å². The minimum Gasteiger partial charge on any atom is -0.497 e. The van der Waals surface area contributed by atoms with Gasteiger partial charge in [0.1, 0.15) is 5.75 Å². The second kappa shape index (κ2) is 6.73. The minimum atomic E-state index is -0.164. The quantitative estimate of drug-likeness (QED) is 0.864. The third-order valence-corrected chi connectivity index (χ3v) is 5.41. The van der Waals surface area contributed by atoms with Crippen LogP contribution in [-0.2, 0) is 11.3 Å². The zero-order chi connectivity index (χ0) is 17.3. The molecule has 1 spiro atoms. The van der Waals surface area contributed by atoms with Crippen molar-refractivity contribution in [3.05, 3.63) is 29.8 Å². The summed E-state index contributed by atoms with van der Waals surface area (Å²) in [6.07, 6.45) is 1.47.